The van der Waals surface area contributed by atoms with Crippen LogP contribution in [0, 0.1) is 0 Å². The second-order valence-electron chi connectivity index (χ2n) is 1.62. The first-order chi connectivity index (χ1) is 3.93. The van der Waals surface area contributed by atoms with Crippen LogP contribution in [0.1, 0.15) is 0 Å². The Morgan fingerprint density at radius 2 is 1.67 bits per heavy atom. The zero-order chi connectivity index (χ0) is 5.82. The maximum atomic E-state index is 2.29. The second-order valence-corrected chi connectivity index (χ2v) is 3.88. The Hall–Kier alpha value is 0.0684. The molecule has 50 valence electrons. The van der Waals surface area contributed by atoms with Gasteiger partial charge in [-0.05, 0) is 0 Å². The first kappa shape index (κ1) is 9.07. The summed E-state index contributed by atoms with van der Waals surface area (Å²) in [5.41, 5.74) is 2.29. The van der Waals surface area contributed by atoms with Crippen molar-refractivity contribution in [1.82, 2.24) is 0 Å². The molecule has 1 aromatic carbocycles. The van der Waals surface area contributed by atoms with Crippen LogP contribution in [0.4, 0.5) is 0 Å². The third kappa shape index (κ3) is 2.93. The van der Waals surface area contributed by atoms with E-state index in [2.05, 4.69) is 36.0 Å². The minimum absolute atomic E-state index is 0. The Bertz CT molecular complexity index is 150. The molecule has 0 fully saturated rings. The molecule has 0 radical (unpaired) electrons. The first-order valence-corrected chi connectivity index (χ1v) is 5.81. The normalized spacial score (nSPS) is 9.44. The molecule has 0 bridgehead atoms. The SMILES string of the molecule is C[AsH]c1ccccc1.Cl. The topological polar surface area (TPSA) is 0 Å². The van der Waals surface area contributed by atoms with Crippen molar-refractivity contribution in [2.24, 2.45) is 0 Å². The molecule has 0 nitrogen and oxygen atoms in total. The average molecular weight is 205 g/mol. The second kappa shape index (κ2) is 4.90. The number of rotatable bonds is 1. The van der Waals surface area contributed by atoms with E-state index in [9.17, 15) is 0 Å². The maximum Gasteiger partial charge on any atom is -0.147 e. The molecule has 1 aromatic rings. The number of hydrogen-bond acceptors (Lipinski definition) is 0. The minimum Gasteiger partial charge on any atom is -0.147 e. The van der Waals surface area contributed by atoms with E-state index >= 15 is 0 Å². The van der Waals surface area contributed by atoms with Gasteiger partial charge in [0.2, 0.25) is 0 Å². The van der Waals surface area contributed by atoms with Crippen LogP contribution in [-0.2, 0) is 0 Å². The molecule has 9 heavy (non-hydrogen) atoms. The van der Waals surface area contributed by atoms with Crippen molar-refractivity contribution in [2.45, 2.75) is 5.71 Å². The predicted molar refractivity (Wildman–Crippen MR) is 46.3 cm³/mol. The summed E-state index contributed by atoms with van der Waals surface area (Å²) in [5.74, 6) is 0. The van der Waals surface area contributed by atoms with Crippen LogP contribution in [0.15, 0.2) is 30.3 Å². The molecule has 0 aliphatic rings. The third-order valence-electron chi connectivity index (χ3n) is 1.06. The van der Waals surface area contributed by atoms with Crippen LogP contribution >= 0.6 is 12.4 Å². The van der Waals surface area contributed by atoms with Crippen LogP contribution in [0.2, 0.25) is 5.71 Å². The van der Waals surface area contributed by atoms with E-state index in [0.29, 0.717) is 0 Å². The quantitative estimate of drug-likeness (QED) is 0.604. The van der Waals surface area contributed by atoms with Crippen LogP contribution < -0.4 is 4.35 Å². The predicted octanol–water partition coefficient (Wildman–Crippen LogP) is 1.22. The van der Waals surface area contributed by atoms with Gasteiger partial charge in [-0.25, -0.2) is 0 Å². The molecule has 2 heteroatoms. The standard InChI is InChI=1S/C7H9As.ClH/c1-8-7-5-3-2-4-6-7;/h2-6,8H,1H3;1H. The molecule has 1 unspecified atom stereocenters. The van der Waals surface area contributed by atoms with Gasteiger partial charge in [0.25, 0.3) is 0 Å². The smallest absolute Gasteiger partial charge is 0.147 e. The molecule has 0 amide bonds. The van der Waals surface area contributed by atoms with Crippen molar-refractivity contribution in [1.29, 1.82) is 0 Å². The molecule has 0 aliphatic heterocycles. The van der Waals surface area contributed by atoms with Crippen molar-refractivity contribution in [2.75, 3.05) is 0 Å². The van der Waals surface area contributed by atoms with Gasteiger partial charge in [-0.1, -0.05) is 0 Å². The van der Waals surface area contributed by atoms with E-state index in [0.717, 1.165) is 0 Å². The molecule has 0 aliphatic carbocycles. The molecule has 0 N–H and O–H groups in total. The zero-order valence-corrected chi connectivity index (χ0v) is 8.21. The van der Waals surface area contributed by atoms with Gasteiger partial charge >= 0.3 is 56.1 Å². The van der Waals surface area contributed by atoms with Crippen molar-refractivity contribution >= 4 is 32.5 Å². The van der Waals surface area contributed by atoms with E-state index in [-0.39, 0.29) is 28.2 Å². The maximum absolute atomic E-state index is 2.29. The molecular weight excluding hydrogens is 194 g/mol. The van der Waals surface area contributed by atoms with Crippen molar-refractivity contribution in [3.8, 4) is 0 Å². The molecular formula is C7H10AsCl. The fraction of sp³-hybridized carbons (Fsp3) is 0.143. The number of halogens is 1. The van der Waals surface area contributed by atoms with Gasteiger partial charge in [-0.2, -0.15) is 0 Å². The Balaban J connectivity index is 0.000000640. The Labute approximate surface area is 68.8 Å². The number of benzene rings is 1. The van der Waals surface area contributed by atoms with Crippen molar-refractivity contribution in [3.05, 3.63) is 30.3 Å². The van der Waals surface area contributed by atoms with Gasteiger partial charge in [-0.15, -0.1) is 12.4 Å². The molecule has 0 saturated carbocycles. The van der Waals surface area contributed by atoms with Gasteiger partial charge in [-0.3, -0.25) is 0 Å². The average Bonchev–Trinajstić information content (AvgIpc) is 1.90. The molecule has 0 spiro atoms. The van der Waals surface area contributed by atoms with Gasteiger partial charge < -0.3 is 0 Å². The summed E-state index contributed by atoms with van der Waals surface area (Å²) in [6.45, 7) is 0. The summed E-state index contributed by atoms with van der Waals surface area (Å²) >= 11 is 0.196. The van der Waals surface area contributed by atoms with Crippen LogP contribution in [0.5, 0.6) is 0 Å². The molecule has 0 aromatic heterocycles. The number of hydrogen-bond donors (Lipinski definition) is 0. The fourth-order valence-corrected chi connectivity index (χ4v) is 1.71. The van der Waals surface area contributed by atoms with Gasteiger partial charge in [0.05, 0.1) is 0 Å². The van der Waals surface area contributed by atoms with Crippen LogP contribution in [-0.4, -0.2) is 15.8 Å². The van der Waals surface area contributed by atoms with E-state index in [1.807, 2.05) is 0 Å². The monoisotopic (exact) mass is 204 g/mol. The zero-order valence-electron chi connectivity index (χ0n) is 5.29. The van der Waals surface area contributed by atoms with Crippen LogP contribution in [0.25, 0.3) is 0 Å². The van der Waals surface area contributed by atoms with Crippen LogP contribution in [0.3, 0.4) is 0 Å². The van der Waals surface area contributed by atoms with E-state index < -0.39 is 0 Å². The van der Waals surface area contributed by atoms with E-state index in [4.69, 9.17) is 0 Å². The Morgan fingerprint density at radius 1 is 1.11 bits per heavy atom. The Morgan fingerprint density at radius 3 is 2.00 bits per heavy atom. The summed E-state index contributed by atoms with van der Waals surface area (Å²) in [7, 11) is 0. The van der Waals surface area contributed by atoms with Gasteiger partial charge in [0.1, 0.15) is 0 Å². The Kier molecular flexibility index (Phi) is 4.94. The summed E-state index contributed by atoms with van der Waals surface area (Å²) in [6.07, 6.45) is 0. The van der Waals surface area contributed by atoms with Crippen molar-refractivity contribution in [3.63, 3.8) is 0 Å². The minimum atomic E-state index is 0. The molecule has 0 saturated heterocycles. The van der Waals surface area contributed by atoms with E-state index in [1.165, 1.54) is 4.35 Å². The fourth-order valence-electron chi connectivity index (χ4n) is 0.605. The summed E-state index contributed by atoms with van der Waals surface area (Å²) in [6, 6.07) is 10.6. The third-order valence-corrected chi connectivity index (χ3v) is 2.97. The summed E-state index contributed by atoms with van der Waals surface area (Å²) in [4.78, 5) is 0. The molecule has 1 rings (SSSR count). The summed E-state index contributed by atoms with van der Waals surface area (Å²) in [5, 5.41) is 0. The van der Waals surface area contributed by atoms with Gasteiger partial charge in [0.15, 0.2) is 0 Å². The first-order valence-electron chi connectivity index (χ1n) is 2.66. The largest absolute Gasteiger partial charge is 0.147 e. The van der Waals surface area contributed by atoms with Crippen molar-refractivity contribution < 1.29 is 0 Å². The molecule has 0 heterocycles. The van der Waals surface area contributed by atoms with Gasteiger partial charge in [0, 0.05) is 0 Å². The molecule has 1 atom stereocenters. The van der Waals surface area contributed by atoms with E-state index in [1.54, 1.807) is 0 Å². The summed E-state index contributed by atoms with van der Waals surface area (Å²) < 4.78 is 1.53.